The van der Waals surface area contributed by atoms with E-state index in [4.69, 9.17) is 10.2 Å². The van der Waals surface area contributed by atoms with Crippen molar-refractivity contribution < 1.29 is 15.3 Å². The summed E-state index contributed by atoms with van der Waals surface area (Å²) in [7, 11) is 0. The Hall–Kier alpha value is -1.10. The summed E-state index contributed by atoms with van der Waals surface area (Å²) in [6.07, 6.45) is 2.82. The molecule has 1 rings (SSSR count). The summed E-state index contributed by atoms with van der Waals surface area (Å²) in [6.45, 7) is 2.95. The van der Waals surface area contributed by atoms with Crippen molar-refractivity contribution in [3.8, 4) is 5.75 Å². The van der Waals surface area contributed by atoms with E-state index in [2.05, 4.69) is 11.6 Å². The Morgan fingerprint density at radius 2 is 2.00 bits per heavy atom. The Morgan fingerprint density at radius 3 is 2.43 bits per heavy atom. The summed E-state index contributed by atoms with van der Waals surface area (Å²) in [5.74, 6) is -0.121. The molecule has 0 aliphatic heterocycles. The third-order valence-corrected chi connectivity index (χ3v) is 1.77. The van der Waals surface area contributed by atoms with Crippen molar-refractivity contribution in [2.24, 2.45) is 0 Å². The maximum Gasteiger partial charge on any atom is 0.147 e. The van der Waals surface area contributed by atoms with Gasteiger partial charge in [-0.15, -0.1) is 12.4 Å². The molecule has 1 aromatic heterocycles. The second kappa shape index (κ2) is 5.59. The first-order valence-electron chi connectivity index (χ1n) is 3.78. The number of aliphatic hydroxyl groups is 2. The van der Waals surface area contributed by atoms with Gasteiger partial charge >= 0.3 is 0 Å². The van der Waals surface area contributed by atoms with Crippen molar-refractivity contribution in [1.82, 2.24) is 4.98 Å². The van der Waals surface area contributed by atoms with Crippen molar-refractivity contribution in [2.45, 2.75) is 13.2 Å². The van der Waals surface area contributed by atoms with E-state index in [1.165, 1.54) is 12.3 Å². The Kier molecular flexibility index (Phi) is 5.15. The van der Waals surface area contributed by atoms with Crippen molar-refractivity contribution >= 4 is 18.5 Å². The van der Waals surface area contributed by atoms with E-state index >= 15 is 0 Å². The van der Waals surface area contributed by atoms with Gasteiger partial charge in [0.1, 0.15) is 11.4 Å². The molecule has 0 fully saturated rings. The predicted octanol–water partition coefficient (Wildman–Crippen LogP) is 0.837. The summed E-state index contributed by atoms with van der Waals surface area (Å²) in [5, 5.41) is 27.2. The van der Waals surface area contributed by atoms with Crippen molar-refractivity contribution in [1.29, 1.82) is 0 Å². The van der Waals surface area contributed by atoms with E-state index in [0.717, 1.165) is 0 Å². The van der Waals surface area contributed by atoms with Gasteiger partial charge in [-0.2, -0.15) is 0 Å². The number of aromatic hydroxyl groups is 1. The number of pyridine rings is 1. The highest BCUT2D eigenvalue weighted by Gasteiger charge is 2.09. The molecule has 4 nitrogen and oxygen atoms in total. The molecule has 3 N–H and O–H groups in total. The van der Waals surface area contributed by atoms with Crippen LogP contribution in [0.1, 0.15) is 16.8 Å². The van der Waals surface area contributed by atoms with Gasteiger partial charge < -0.3 is 15.3 Å². The third-order valence-electron chi connectivity index (χ3n) is 1.77. The first kappa shape index (κ1) is 12.9. The minimum absolute atomic E-state index is 0. The SMILES string of the molecule is C=Cc1c(CO)cnc(CO)c1O.Cl. The maximum absolute atomic E-state index is 9.50. The minimum atomic E-state index is -0.335. The van der Waals surface area contributed by atoms with Crippen LogP contribution in [0.3, 0.4) is 0 Å². The largest absolute Gasteiger partial charge is 0.505 e. The number of nitrogens with zero attached hydrogens (tertiary/aromatic N) is 1. The topological polar surface area (TPSA) is 73.6 Å². The van der Waals surface area contributed by atoms with Gasteiger partial charge in [-0.05, 0) is 0 Å². The summed E-state index contributed by atoms with van der Waals surface area (Å²) in [5.41, 5.74) is 1.10. The average Bonchev–Trinajstić information content (AvgIpc) is 2.17. The highest BCUT2D eigenvalue weighted by atomic mass is 35.5. The normalized spacial score (nSPS) is 9.29. The zero-order valence-corrected chi connectivity index (χ0v) is 8.29. The highest BCUT2D eigenvalue weighted by molar-refractivity contribution is 5.85. The van der Waals surface area contributed by atoms with Crippen LogP contribution in [0, 0.1) is 0 Å². The summed E-state index contributed by atoms with van der Waals surface area (Å²) in [6, 6.07) is 0. The van der Waals surface area contributed by atoms with Crippen LogP contribution in [-0.4, -0.2) is 20.3 Å². The number of aromatic nitrogens is 1. The molecule has 1 aromatic rings. The Morgan fingerprint density at radius 1 is 1.36 bits per heavy atom. The van der Waals surface area contributed by atoms with Crippen LogP contribution in [0.25, 0.3) is 6.08 Å². The molecule has 0 atom stereocenters. The maximum atomic E-state index is 9.50. The van der Waals surface area contributed by atoms with Gasteiger partial charge in [0.25, 0.3) is 0 Å². The molecule has 0 aromatic carbocycles. The molecule has 0 saturated carbocycles. The first-order chi connectivity index (χ1) is 6.24. The van der Waals surface area contributed by atoms with Gasteiger partial charge in [-0.3, -0.25) is 4.98 Å². The van der Waals surface area contributed by atoms with E-state index in [-0.39, 0.29) is 37.1 Å². The van der Waals surface area contributed by atoms with Crippen LogP contribution in [0.4, 0.5) is 0 Å². The molecular formula is C9H12ClNO3. The highest BCUT2D eigenvalue weighted by Crippen LogP contribution is 2.25. The van der Waals surface area contributed by atoms with Gasteiger partial charge in [0, 0.05) is 17.3 Å². The molecule has 1 heterocycles. The second-order valence-electron chi connectivity index (χ2n) is 2.51. The van der Waals surface area contributed by atoms with Crippen LogP contribution in [0.2, 0.25) is 0 Å². The molecule has 0 bridgehead atoms. The molecule has 14 heavy (non-hydrogen) atoms. The van der Waals surface area contributed by atoms with Crippen molar-refractivity contribution in [3.05, 3.63) is 29.6 Å². The van der Waals surface area contributed by atoms with Crippen LogP contribution in [-0.2, 0) is 13.2 Å². The van der Waals surface area contributed by atoms with Crippen LogP contribution >= 0.6 is 12.4 Å². The summed E-state index contributed by atoms with van der Waals surface area (Å²) >= 11 is 0. The van der Waals surface area contributed by atoms with Gasteiger partial charge in [0.05, 0.1) is 13.2 Å². The predicted molar refractivity (Wildman–Crippen MR) is 55.1 cm³/mol. The molecule has 78 valence electrons. The lowest BCUT2D eigenvalue weighted by Crippen LogP contribution is -1.97. The number of rotatable bonds is 3. The van der Waals surface area contributed by atoms with E-state index in [1.54, 1.807) is 0 Å². The minimum Gasteiger partial charge on any atom is -0.505 e. The molecule has 0 amide bonds. The first-order valence-corrected chi connectivity index (χ1v) is 3.78. The van der Waals surface area contributed by atoms with E-state index in [9.17, 15) is 5.11 Å². The second-order valence-corrected chi connectivity index (χ2v) is 2.51. The monoisotopic (exact) mass is 217 g/mol. The number of aliphatic hydroxyl groups excluding tert-OH is 2. The van der Waals surface area contributed by atoms with Crippen LogP contribution < -0.4 is 0 Å². The number of hydrogen-bond acceptors (Lipinski definition) is 4. The molecule has 0 spiro atoms. The van der Waals surface area contributed by atoms with Gasteiger partial charge in [0.15, 0.2) is 0 Å². The quantitative estimate of drug-likeness (QED) is 0.702. The number of hydrogen-bond donors (Lipinski definition) is 3. The lowest BCUT2D eigenvalue weighted by Gasteiger charge is -2.07. The molecule has 0 aliphatic carbocycles. The lowest BCUT2D eigenvalue weighted by molar-refractivity contribution is 0.266. The van der Waals surface area contributed by atoms with Gasteiger partial charge in [-0.25, -0.2) is 0 Å². The Bertz CT molecular complexity index is 328. The van der Waals surface area contributed by atoms with Crippen LogP contribution in [0.5, 0.6) is 5.75 Å². The van der Waals surface area contributed by atoms with E-state index < -0.39 is 0 Å². The lowest BCUT2D eigenvalue weighted by atomic mass is 10.1. The fraction of sp³-hybridized carbons (Fsp3) is 0.222. The summed E-state index contributed by atoms with van der Waals surface area (Å²) in [4.78, 5) is 3.77. The zero-order chi connectivity index (χ0) is 9.84. The van der Waals surface area contributed by atoms with Crippen molar-refractivity contribution in [2.75, 3.05) is 0 Å². The van der Waals surface area contributed by atoms with Gasteiger partial charge in [-0.1, -0.05) is 12.7 Å². The molecule has 0 unspecified atom stereocenters. The molecule has 0 aliphatic rings. The van der Waals surface area contributed by atoms with Crippen molar-refractivity contribution in [3.63, 3.8) is 0 Å². The standard InChI is InChI=1S/C9H11NO3.ClH/c1-2-7-6(4-11)3-10-8(5-12)9(7)13;/h2-3,11-13H,1,4-5H2;1H. The number of halogens is 1. The fourth-order valence-corrected chi connectivity index (χ4v) is 1.06. The summed E-state index contributed by atoms with van der Waals surface area (Å²) < 4.78 is 0. The van der Waals surface area contributed by atoms with E-state index in [1.807, 2.05) is 0 Å². The third kappa shape index (κ3) is 2.23. The van der Waals surface area contributed by atoms with Gasteiger partial charge in [0.2, 0.25) is 0 Å². The van der Waals surface area contributed by atoms with E-state index in [0.29, 0.717) is 11.1 Å². The molecule has 5 heteroatoms. The molecular weight excluding hydrogens is 206 g/mol. The molecule has 0 radical (unpaired) electrons. The Balaban J connectivity index is 0.00000169. The smallest absolute Gasteiger partial charge is 0.147 e. The zero-order valence-electron chi connectivity index (χ0n) is 7.47. The molecule has 0 saturated heterocycles. The van der Waals surface area contributed by atoms with Crippen LogP contribution in [0.15, 0.2) is 12.8 Å². The fourth-order valence-electron chi connectivity index (χ4n) is 1.06. The Labute approximate surface area is 88.0 Å². The average molecular weight is 218 g/mol.